The van der Waals surface area contributed by atoms with E-state index in [0.717, 1.165) is 18.4 Å². The van der Waals surface area contributed by atoms with Gasteiger partial charge in [-0.05, 0) is 42.7 Å². The fourth-order valence-electron chi connectivity index (χ4n) is 2.45. The Hall–Kier alpha value is -2.03. The molecule has 3 nitrogen and oxygen atoms in total. The summed E-state index contributed by atoms with van der Waals surface area (Å²) in [5.41, 5.74) is 0.818. The van der Waals surface area contributed by atoms with Crippen molar-refractivity contribution >= 4 is 11.9 Å². The van der Waals surface area contributed by atoms with Crippen molar-refractivity contribution in [3.8, 4) is 11.5 Å². The molecule has 0 bridgehead atoms. The highest BCUT2D eigenvalue weighted by molar-refractivity contribution is 6.01. The maximum atomic E-state index is 11.8. The lowest BCUT2D eigenvalue weighted by Crippen LogP contribution is -1.87. The van der Waals surface area contributed by atoms with Gasteiger partial charge in [-0.25, -0.2) is 0 Å². The standard InChI is InChI=1S/C21H30O3/c1-3-4-5-6-7-8-9-10-11-12-19(22)15-13-18-14-16-20(23)21(17-18)24-2/h11-17,23H,3-10H2,1-2H3/b12-11+,15-13+. The van der Waals surface area contributed by atoms with Gasteiger partial charge in [0.2, 0.25) is 0 Å². The number of carbonyl (C=O) groups is 1. The number of allylic oxidation sites excluding steroid dienone is 3. The van der Waals surface area contributed by atoms with Crippen LogP contribution in [0.2, 0.25) is 0 Å². The molecule has 0 aliphatic rings. The van der Waals surface area contributed by atoms with Gasteiger partial charge in [0.05, 0.1) is 7.11 Å². The van der Waals surface area contributed by atoms with Gasteiger partial charge in [0.25, 0.3) is 0 Å². The van der Waals surface area contributed by atoms with E-state index in [1.165, 1.54) is 51.7 Å². The van der Waals surface area contributed by atoms with Crippen LogP contribution in [0.25, 0.3) is 6.08 Å². The number of phenolic OH excluding ortho intramolecular Hbond substituents is 1. The Bertz CT molecular complexity index is 544. The highest BCUT2D eigenvalue weighted by atomic mass is 16.5. The number of hydrogen-bond donors (Lipinski definition) is 1. The molecule has 0 aliphatic heterocycles. The molecule has 0 heterocycles. The molecule has 0 aliphatic carbocycles. The van der Waals surface area contributed by atoms with Gasteiger partial charge in [0, 0.05) is 0 Å². The zero-order valence-electron chi connectivity index (χ0n) is 15.0. The SMILES string of the molecule is CCCCCCCCC/C=C/C(=O)/C=C/c1ccc(O)c(OC)c1. The van der Waals surface area contributed by atoms with Gasteiger partial charge in [0.15, 0.2) is 17.3 Å². The summed E-state index contributed by atoms with van der Waals surface area (Å²) in [6.45, 7) is 2.23. The molecule has 132 valence electrons. The van der Waals surface area contributed by atoms with Crippen molar-refractivity contribution < 1.29 is 14.6 Å². The average molecular weight is 330 g/mol. The maximum Gasteiger partial charge on any atom is 0.178 e. The number of methoxy groups -OCH3 is 1. The van der Waals surface area contributed by atoms with Crippen molar-refractivity contribution in [3.63, 3.8) is 0 Å². The number of rotatable bonds is 12. The molecule has 0 atom stereocenters. The number of unbranched alkanes of at least 4 members (excludes halogenated alkanes) is 7. The van der Waals surface area contributed by atoms with E-state index in [1.54, 1.807) is 30.4 Å². The smallest absolute Gasteiger partial charge is 0.178 e. The molecule has 0 unspecified atom stereocenters. The molecule has 0 saturated heterocycles. The van der Waals surface area contributed by atoms with Gasteiger partial charge < -0.3 is 9.84 Å². The monoisotopic (exact) mass is 330 g/mol. The van der Waals surface area contributed by atoms with Crippen molar-refractivity contribution in [3.05, 3.63) is 42.0 Å². The first kappa shape index (κ1) is 20.0. The maximum absolute atomic E-state index is 11.8. The van der Waals surface area contributed by atoms with Crippen LogP contribution in [-0.2, 0) is 4.79 Å². The Morgan fingerprint density at radius 2 is 1.79 bits per heavy atom. The van der Waals surface area contributed by atoms with Crippen molar-refractivity contribution in [1.29, 1.82) is 0 Å². The molecule has 1 N–H and O–H groups in total. The number of ketones is 1. The van der Waals surface area contributed by atoms with Crippen LogP contribution in [0.15, 0.2) is 36.4 Å². The van der Waals surface area contributed by atoms with Gasteiger partial charge in [-0.1, -0.05) is 63.7 Å². The summed E-state index contributed by atoms with van der Waals surface area (Å²) in [4.78, 5) is 11.8. The van der Waals surface area contributed by atoms with Gasteiger partial charge >= 0.3 is 0 Å². The minimum Gasteiger partial charge on any atom is -0.504 e. The average Bonchev–Trinajstić information content (AvgIpc) is 2.59. The van der Waals surface area contributed by atoms with Crippen LogP contribution in [0.5, 0.6) is 11.5 Å². The first-order valence-electron chi connectivity index (χ1n) is 8.93. The molecule has 24 heavy (non-hydrogen) atoms. The van der Waals surface area contributed by atoms with Crippen molar-refractivity contribution in [1.82, 2.24) is 0 Å². The van der Waals surface area contributed by atoms with E-state index < -0.39 is 0 Å². The van der Waals surface area contributed by atoms with Gasteiger partial charge in [-0.3, -0.25) is 4.79 Å². The molecule has 1 aromatic carbocycles. The van der Waals surface area contributed by atoms with Crippen LogP contribution in [-0.4, -0.2) is 18.0 Å². The fourth-order valence-corrected chi connectivity index (χ4v) is 2.45. The summed E-state index contributed by atoms with van der Waals surface area (Å²) in [6.07, 6.45) is 16.8. The van der Waals surface area contributed by atoms with Crippen molar-refractivity contribution in [2.24, 2.45) is 0 Å². The quantitative estimate of drug-likeness (QED) is 0.396. The molecular formula is C21H30O3. The molecule has 0 spiro atoms. The number of hydrogen-bond acceptors (Lipinski definition) is 3. The predicted octanol–water partition coefficient (Wildman–Crippen LogP) is 5.68. The zero-order valence-corrected chi connectivity index (χ0v) is 15.0. The zero-order chi connectivity index (χ0) is 17.6. The van der Waals surface area contributed by atoms with E-state index in [2.05, 4.69) is 6.92 Å². The van der Waals surface area contributed by atoms with E-state index >= 15 is 0 Å². The highest BCUT2D eigenvalue weighted by Crippen LogP contribution is 2.26. The number of aromatic hydroxyl groups is 1. The summed E-state index contributed by atoms with van der Waals surface area (Å²) >= 11 is 0. The minimum absolute atomic E-state index is 0.0232. The van der Waals surface area contributed by atoms with Crippen LogP contribution in [0.1, 0.15) is 63.9 Å². The number of benzene rings is 1. The normalized spacial score (nSPS) is 11.4. The third-order valence-corrected chi connectivity index (χ3v) is 3.90. The number of phenols is 1. The summed E-state index contributed by atoms with van der Waals surface area (Å²) in [5.74, 6) is 0.472. The third kappa shape index (κ3) is 8.56. The second-order valence-electron chi connectivity index (χ2n) is 5.98. The van der Waals surface area contributed by atoms with Crippen LogP contribution in [0.3, 0.4) is 0 Å². The lowest BCUT2D eigenvalue weighted by molar-refractivity contribution is -0.110. The van der Waals surface area contributed by atoms with E-state index in [9.17, 15) is 9.90 Å². The van der Waals surface area contributed by atoms with Crippen LogP contribution in [0.4, 0.5) is 0 Å². The molecule has 0 amide bonds. The van der Waals surface area contributed by atoms with Crippen LogP contribution in [0, 0.1) is 0 Å². The Kier molecular flexibility index (Phi) is 10.3. The number of carbonyl (C=O) groups excluding carboxylic acids is 1. The molecule has 0 fully saturated rings. The topological polar surface area (TPSA) is 46.5 Å². The highest BCUT2D eigenvalue weighted by Gasteiger charge is 2.00. The fraction of sp³-hybridized carbons (Fsp3) is 0.476. The molecule has 1 rings (SSSR count). The Balaban J connectivity index is 2.25. The Labute approximate surface area is 146 Å². The molecule has 0 saturated carbocycles. The molecule has 0 aromatic heterocycles. The Morgan fingerprint density at radius 1 is 1.08 bits per heavy atom. The Morgan fingerprint density at radius 3 is 2.50 bits per heavy atom. The van der Waals surface area contributed by atoms with Crippen molar-refractivity contribution in [2.75, 3.05) is 7.11 Å². The second-order valence-corrected chi connectivity index (χ2v) is 5.98. The lowest BCUT2D eigenvalue weighted by atomic mass is 10.1. The van der Waals surface area contributed by atoms with Crippen molar-refractivity contribution in [2.45, 2.75) is 58.3 Å². The van der Waals surface area contributed by atoms with E-state index in [1.807, 2.05) is 6.08 Å². The molecular weight excluding hydrogens is 300 g/mol. The summed E-state index contributed by atoms with van der Waals surface area (Å²) in [7, 11) is 1.50. The van der Waals surface area contributed by atoms with Crippen LogP contribution < -0.4 is 4.74 Å². The van der Waals surface area contributed by atoms with Crippen LogP contribution >= 0.6 is 0 Å². The molecule has 3 heteroatoms. The largest absolute Gasteiger partial charge is 0.504 e. The second kappa shape index (κ2) is 12.4. The summed E-state index contributed by atoms with van der Waals surface area (Å²) in [5, 5.41) is 9.53. The lowest BCUT2D eigenvalue weighted by Gasteiger charge is -2.03. The number of ether oxygens (including phenoxy) is 1. The predicted molar refractivity (Wildman–Crippen MR) is 100 cm³/mol. The molecule has 1 aromatic rings. The minimum atomic E-state index is -0.0232. The van der Waals surface area contributed by atoms with Gasteiger partial charge in [0.1, 0.15) is 0 Å². The van der Waals surface area contributed by atoms with E-state index in [0.29, 0.717) is 5.75 Å². The first-order valence-corrected chi connectivity index (χ1v) is 8.93. The summed E-state index contributed by atoms with van der Waals surface area (Å²) in [6, 6.07) is 4.99. The van der Waals surface area contributed by atoms with Gasteiger partial charge in [-0.15, -0.1) is 0 Å². The first-order chi connectivity index (χ1) is 11.7. The van der Waals surface area contributed by atoms with Gasteiger partial charge in [-0.2, -0.15) is 0 Å². The third-order valence-electron chi connectivity index (χ3n) is 3.90. The summed E-state index contributed by atoms with van der Waals surface area (Å²) < 4.78 is 5.04. The van der Waals surface area contributed by atoms with E-state index in [4.69, 9.17) is 4.74 Å². The molecule has 0 radical (unpaired) electrons. The van der Waals surface area contributed by atoms with E-state index in [-0.39, 0.29) is 11.5 Å².